The molecule has 0 unspecified atom stereocenters. The second-order valence-corrected chi connectivity index (χ2v) is 6.60. The zero-order valence-electron chi connectivity index (χ0n) is 10.0. The van der Waals surface area contributed by atoms with E-state index < -0.39 is 10.0 Å². The van der Waals surface area contributed by atoms with Gasteiger partial charge in [0.25, 0.3) is 0 Å². The molecule has 0 saturated carbocycles. The number of pyridine rings is 1. The molecule has 0 spiro atoms. The Kier molecular flexibility index (Phi) is 4.37. The summed E-state index contributed by atoms with van der Waals surface area (Å²) in [5.74, 6) is -0.756. The largest absolute Gasteiger partial charge is 0.504 e. The first kappa shape index (κ1) is 14.9. The molecule has 20 heavy (non-hydrogen) atoms. The van der Waals surface area contributed by atoms with Crippen molar-refractivity contribution in [2.75, 3.05) is 4.72 Å². The van der Waals surface area contributed by atoms with Gasteiger partial charge in [-0.3, -0.25) is 4.72 Å². The van der Waals surface area contributed by atoms with Gasteiger partial charge in [0.15, 0.2) is 11.6 Å². The van der Waals surface area contributed by atoms with Crippen molar-refractivity contribution in [2.45, 2.75) is 5.75 Å². The Bertz CT molecular complexity index is 718. The van der Waals surface area contributed by atoms with Crippen molar-refractivity contribution in [1.82, 2.24) is 4.98 Å². The Balaban J connectivity index is 2.17. The van der Waals surface area contributed by atoms with Gasteiger partial charge in [-0.05, 0) is 17.7 Å². The average molecular weight is 333 g/mol. The van der Waals surface area contributed by atoms with Gasteiger partial charge in [0.1, 0.15) is 0 Å². The van der Waals surface area contributed by atoms with Gasteiger partial charge < -0.3 is 5.11 Å². The molecule has 0 atom stereocenters. The van der Waals surface area contributed by atoms with E-state index in [0.717, 1.165) is 0 Å². The molecule has 106 valence electrons. The minimum Gasteiger partial charge on any atom is -0.504 e. The van der Waals surface area contributed by atoms with E-state index in [1.807, 2.05) is 0 Å². The summed E-state index contributed by atoms with van der Waals surface area (Å²) < 4.78 is 26.1. The van der Waals surface area contributed by atoms with Crippen LogP contribution >= 0.6 is 23.2 Å². The van der Waals surface area contributed by atoms with Crippen molar-refractivity contribution in [1.29, 1.82) is 0 Å². The molecular weight excluding hydrogens is 323 g/mol. The first-order valence-corrected chi connectivity index (χ1v) is 7.86. The van der Waals surface area contributed by atoms with Crippen LogP contribution < -0.4 is 4.72 Å². The lowest BCUT2D eigenvalue weighted by molar-refractivity contribution is 0.475. The molecule has 0 bridgehead atoms. The van der Waals surface area contributed by atoms with Gasteiger partial charge in [-0.2, -0.15) is 0 Å². The molecule has 2 aromatic rings. The zero-order chi connectivity index (χ0) is 14.8. The predicted octanol–water partition coefficient (Wildman–Crippen LogP) is 3.04. The van der Waals surface area contributed by atoms with Crippen molar-refractivity contribution in [2.24, 2.45) is 0 Å². The Morgan fingerprint density at radius 3 is 2.40 bits per heavy atom. The summed E-state index contributed by atoms with van der Waals surface area (Å²) in [6.07, 6.45) is 1.24. The number of anilines is 1. The number of hydrogen-bond acceptors (Lipinski definition) is 4. The summed E-state index contributed by atoms with van der Waals surface area (Å²) in [7, 11) is -3.69. The van der Waals surface area contributed by atoms with Gasteiger partial charge in [-0.25, -0.2) is 13.4 Å². The van der Waals surface area contributed by atoms with Gasteiger partial charge in [0.05, 0.1) is 10.8 Å². The maximum Gasteiger partial charge on any atom is 0.238 e. The maximum atomic E-state index is 12.0. The Morgan fingerprint density at radius 1 is 1.15 bits per heavy atom. The first-order chi connectivity index (χ1) is 9.35. The number of benzene rings is 1. The highest BCUT2D eigenvalue weighted by Gasteiger charge is 2.15. The van der Waals surface area contributed by atoms with Crippen molar-refractivity contribution in [3.8, 4) is 5.75 Å². The summed E-state index contributed by atoms with van der Waals surface area (Å²) in [5, 5.41) is 10.3. The molecule has 0 saturated heterocycles. The fraction of sp³-hybridized carbons (Fsp3) is 0.0833. The van der Waals surface area contributed by atoms with Gasteiger partial charge in [-0.15, -0.1) is 0 Å². The van der Waals surface area contributed by atoms with Crippen LogP contribution in [0.25, 0.3) is 0 Å². The van der Waals surface area contributed by atoms with Gasteiger partial charge >= 0.3 is 0 Å². The van der Waals surface area contributed by atoms with Crippen LogP contribution in [-0.4, -0.2) is 18.5 Å². The van der Waals surface area contributed by atoms with Crippen molar-refractivity contribution < 1.29 is 13.5 Å². The normalized spacial score (nSPS) is 11.3. The number of sulfonamides is 1. The van der Waals surface area contributed by atoms with Crippen molar-refractivity contribution in [3.05, 3.63) is 52.1 Å². The molecule has 0 radical (unpaired) electrons. The molecule has 1 aromatic heterocycles. The number of aromatic nitrogens is 1. The molecule has 0 aliphatic rings. The van der Waals surface area contributed by atoms with Crippen LogP contribution in [0.4, 0.5) is 5.82 Å². The number of halogens is 2. The highest BCUT2D eigenvalue weighted by molar-refractivity contribution is 7.91. The lowest BCUT2D eigenvalue weighted by Crippen LogP contribution is -2.16. The topological polar surface area (TPSA) is 79.3 Å². The lowest BCUT2D eigenvalue weighted by Gasteiger charge is -2.09. The minimum atomic E-state index is -3.69. The minimum absolute atomic E-state index is 0.164. The summed E-state index contributed by atoms with van der Waals surface area (Å²) in [4.78, 5) is 3.73. The number of nitrogens with one attached hydrogen (secondary N) is 1. The SMILES string of the molecule is O=S(=O)(Cc1ccc(Cl)cc1)Nc1ncc(Cl)cc1O. The van der Waals surface area contributed by atoms with Crippen LogP contribution in [0.2, 0.25) is 10.0 Å². The van der Waals surface area contributed by atoms with Crippen LogP contribution in [0.3, 0.4) is 0 Å². The highest BCUT2D eigenvalue weighted by Crippen LogP contribution is 2.25. The standard InChI is InChI=1S/C12H10Cl2N2O3S/c13-9-3-1-8(2-4-9)7-20(18,19)16-12-11(17)5-10(14)6-15-12/h1-6,17H,7H2,(H,15,16). The van der Waals surface area contributed by atoms with E-state index in [9.17, 15) is 13.5 Å². The van der Waals surface area contributed by atoms with Crippen LogP contribution in [0.1, 0.15) is 5.56 Å². The molecule has 2 rings (SSSR count). The average Bonchev–Trinajstić information content (AvgIpc) is 2.35. The van der Waals surface area contributed by atoms with E-state index >= 15 is 0 Å². The molecule has 2 N–H and O–H groups in total. The van der Waals surface area contributed by atoms with Crippen LogP contribution in [0.15, 0.2) is 36.5 Å². The molecule has 0 aliphatic heterocycles. The van der Waals surface area contributed by atoms with Crippen molar-refractivity contribution in [3.63, 3.8) is 0 Å². The lowest BCUT2D eigenvalue weighted by atomic mass is 10.2. The predicted molar refractivity (Wildman–Crippen MR) is 78.6 cm³/mol. The summed E-state index contributed by atoms with van der Waals surface area (Å²) in [6, 6.07) is 7.62. The fourth-order valence-electron chi connectivity index (χ4n) is 1.49. The van der Waals surface area contributed by atoms with E-state index in [-0.39, 0.29) is 22.3 Å². The molecule has 1 aromatic carbocycles. The second-order valence-electron chi connectivity index (χ2n) is 4.01. The Hall–Kier alpha value is -1.50. The first-order valence-electron chi connectivity index (χ1n) is 5.45. The third-order valence-electron chi connectivity index (χ3n) is 2.36. The molecule has 0 fully saturated rings. The zero-order valence-corrected chi connectivity index (χ0v) is 12.4. The van der Waals surface area contributed by atoms with Gasteiger partial charge in [0.2, 0.25) is 10.0 Å². The second kappa shape index (κ2) is 5.87. The summed E-state index contributed by atoms with van der Waals surface area (Å²) in [6.45, 7) is 0. The van der Waals surface area contributed by atoms with Gasteiger partial charge in [0, 0.05) is 17.3 Å². The van der Waals surface area contributed by atoms with Crippen molar-refractivity contribution >= 4 is 39.0 Å². The molecule has 0 aliphatic carbocycles. The quantitative estimate of drug-likeness (QED) is 0.901. The van der Waals surface area contributed by atoms with Gasteiger partial charge in [-0.1, -0.05) is 35.3 Å². The molecule has 5 nitrogen and oxygen atoms in total. The smallest absolute Gasteiger partial charge is 0.238 e. The summed E-state index contributed by atoms with van der Waals surface area (Å²) in [5.41, 5.74) is 0.565. The van der Waals surface area contributed by atoms with E-state index in [4.69, 9.17) is 23.2 Å². The number of hydrogen-bond donors (Lipinski definition) is 2. The van der Waals surface area contributed by atoms with E-state index in [1.54, 1.807) is 24.3 Å². The summed E-state index contributed by atoms with van der Waals surface area (Å²) >= 11 is 11.3. The third kappa shape index (κ3) is 4.00. The third-order valence-corrected chi connectivity index (χ3v) is 4.03. The monoisotopic (exact) mass is 332 g/mol. The molecular formula is C12H10Cl2N2O3S. The Morgan fingerprint density at radius 2 is 1.80 bits per heavy atom. The number of nitrogens with zero attached hydrogens (tertiary/aromatic N) is 1. The fourth-order valence-corrected chi connectivity index (χ4v) is 2.92. The molecule has 0 amide bonds. The Labute approximate surface area is 126 Å². The number of rotatable bonds is 4. The van der Waals surface area contributed by atoms with Crippen LogP contribution in [0, 0.1) is 0 Å². The highest BCUT2D eigenvalue weighted by atomic mass is 35.5. The number of aromatic hydroxyl groups is 1. The van der Waals surface area contributed by atoms with E-state index in [1.165, 1.54) is 12.3 Å². The maximum absolute atomic E-state index is 12.0. The van der Waals surface area contributed by atoms with Crippen LogP contribution in [0.5, 0.6) is 5.75 Å². The van der Waals surface area contributed by atoms with E-state index in [2.05, 4.69) is 9.71 Å². The molecule has 8 heteroatoms. The van der Waals surface area contributed by atoms with Crippen LogP contribution in [-0.2, 0) is 15.8 Å². The van der Waals surface area contributed by atoms with E-state index in [0.29, 0.717) is 10.6 Å². The molecule has 1 heterocycles.